The van der Waals surface area contributed by atoms with Crippen molar-refractivity contribution >= 4 is 23.2 Å². The minimum absolute atomic E-state index is 0.203. The largest absolute Gasteiger partial charge is 0.448 e. The maximum atomic E-state index is 12.4. The third-order valence-electron chi connectivity index (χ3n) is 4.22. The van der Waals surface area contributed by atoms with E-state index in [1.54, 1.807) is 20.0 Å². The van der Waals surface area contributed by atoms with Gasteiger partial charge < -0.3 is 10.1 Å². The molecular formula is C18H21N3O3S. The number of hydrogen-bond donors (Lipinski definition) is 1. The zero-order chi connectivity index (χ0) is 17.8. The van der Waals surface area contributed by atoms with Crippen LogP contribution in [0.15, 0.2) is 24.4 Å². The number of aromatic nitrogens is 2. The molecule has 6 nitrogen and oxygen atoms in total. The molecule has 2 aromatic rings. The van der Waals surface area contributed by atoms with Gasteiger partial charge in [0.05, 0.1) is 11.4 Å². The summed E-state index contributed by atoms with van der Waals surface area (Å²) in [4.78, 5) is 33.6. The number of carbonyl (C=O) groups excluding carboxylic acids is 2. The van der Waals surface area contributed by atoms with Crippen molar-refractivity contribution in [1.82, 2.24) is 15.3 Å². The van der Waals surface area contributed by atoms with Crippen molar-refractivity contribution in [2.45, 2.75) is 51.7 Å². The van der Waals surface area contributed by atoms with Crippen molar-refractivity contribution < 1.29 is 14.3 Å². The summed E-state index contributed by atoms with van der Waals surface area (Å²) in [6, 6.07) is 5.73. The highest BCUT2D eigenvalue weighted by Crippen LogP contribution is 2.27. The summed E-state index contributed by atoms with van der Waals surface area (Å²) >= 11 is 1.23. The smallest absolute Gasteiger partial charge is 0.351 e. The first kappa shape index (κ1) is 17.5. The van der Waals surface area contributed by atoms with Crippen molar-refractivity contribution in [1.29, 1.82) is 0 Å². The van der Waals surface area contributed by atoms with Gasteiger partial charge in [-0.05, 0) is 38.8 Å². The average molecular weight is 359 g/mol. The second kappa shape index (κ2) is 7.74. The first-order chi connectivity index (χ1) is 12.0. The molecular weight excluding hydrogens is 338 g/mol. The third-order valence-corrected chi connectivity index (χ3v) is 5.38. The van der Waals surface area contributed by atoms with Gasteiger partial charge in [0.15, 0.2) is 6.10 Å². The van der Waals surface area contributed by atoms with Crippen molar-refractivity contribution in [2.24, 2.45) is 0 Å². The van der Waals surface area contributed by atoms with Gasteiger partial charge in [0.1, 0.15) is 9.88 Å². The number of pyridine rings is 1. The molecule has 0 aliphatic heterocycles. The fourth-order valence-electron chi connectivity index (χ4n) is 2.84. The van der Waals surface area contributed by atoms with E-state index in [1.807, 2.05) is 18.2 Å². The Hall–Kier alpha value is -2.28. The standard InChI is InChI=1S/C18H21N3O3S/c1-11-15(25-17(20-11)14-9-5-6-10-19-14)18(23)24-12(2)16(22)21-13-7-3-4-8-13/h5-6,9-10,12-13H,3-4,7-8H2,1-2H3,(H,21,22)/t12-/m1/s1. The lowest BCUT2D eigenvalue weighted by Gasteiger charge is -2.16. The van der Waals surface area contributed by atoms with Crippen LogP contribution in [-0.4, -0.2) is 34.0 Å². The minimum atomic E-state index is -0.826. The molecule has 1 N–H and O–H groups in total. The Morgan fingerprint density at radius 1 is 1.32 bits per heavy atom. The van der Waals surface area contributed by atoms with Gasteiger partial charge in [-0.1, -0.05) is 18.9 Å². The maximum absolute atomic E-state index is 12.4. The molecule has 2 heterocycles. The third kappa shape index (κ3) is 4.22. The predicted molar refractivity (Wildman–Crippen MR) is 95.4 cm³/mol. The van der Waals surface area contributed by atoms with Crippen LogP contribution in [0.3, 0.4) is 0 Å². The molecule has 132 valence electrons. The Bertz CT molecular complexity index is 754. The van der Waals surface area contributed by atoms with Gasteiger partial charge in [0, 0.05) is 12.2 Å². The van der Waals surface area contributed by atoms with Crippen molar-refractivity contribution in [3.8, 4) is 10.7 Å². The van der Waals surface area contributed by atoms with E-state index in [2.05, 4.69) is 15.3 Å². The lowest BCUT2D eigenvalue weighted by Crippen LogP contribution is -2.40. The Labute approximate surface area is 150 Å². The molecule has 2 aromatic heterocycles. The number of rotatable bonds is 5. The molecule has 0 bridgehead atoms. The molecule has 0 aromatic carbocycles. The summed E-state index contributed by atoms with van der Waals surface area (Å²) in [5.74, 6) is -0.765. The monoisotopic (exact) mass is 359 g/mol. The highest BCUT2D eigenvalue weighted by atomic mass is 32.1. The molecule has 1 saturated carbocycles. The molecule has 0 unspecified atom stereocenters. The first-order valence-corrected chi connectivity index (χ1v) is 9.26. The van der Waals surface area contributed by atoms with E-state index in [1.165, 1.54) is 11.3 Å². The van der Waals surface area contributed by atoms with Gasteiger partial charge in [-0.3, -0.25) is 9.78 Å². The van der Waals surface area contributed by atoms with Gasteiger partial charge >= 0.3 is 5.97 Å². The SMILES string of the molecule is Cc1nc(-c2ccccn2)sc1C(=O)O[C@H](C)C(=O)NC1CCCC1. The maximum Gasteiger partial charge on any atom is 0.351 e. The Morgan fingerprint density at radius 2 is 2.08 bits per heavy atom. The van der Waals surface area contributed by atoms with Gasteiger partial charge in [-0.25, -0.2) is 9.78 Å². The first-order valence-electron chi connectivity index (χ1n) is 8.45. The number of thiazole rings is 1. The summed E-state index contributed by atoms with van der Waals surface area (Å²) in [6.45, 7) is 3.35. The number of amides is 1. The quantitative estimate of drug-likeness (QED) is 0.830. The van der Waals surface area contributed by atoms with Crippen LogP contribution >= 0.6 is 11.3 Å². The second-order valence-corrected chi connectivity index (χ2v) is 7.19. The summed E-state index contributed by atoms with van der Waals surface area (Å²) in [5.41, 5.74) is 1.29. The molecule has 7 heteroatoms. The number of hydrogen-bond acceptors (Lipinski definition) is 6. The zero-order valence-corrected chi connectivity index (χ0v) is 15.1. The summed E-state index contributed by atoms with van der Waals surface area (Å²) in [7, 11) is 0. The van der Waals surface area contributed by atoms with E-state index in [9.17, 15) is 9.59 Å². The topological polar surface area (TPSA) is 81.2 Å². The molecule has 25 heavy (non-hydrogen) atoms. The zero-order valence-electron chi connectivity index (χ0n) is 14.3. The molecule has 0 radical (unpaired) electrons. The highest BCUT2D eigenvalue weighted by Gasteiger charge is 2.25. The fourth-order valence-corrected chi connectivity index (χ4v) is 3.77. The number of aryl methyl sites for hydroxylation is 1. The number of esters is 1. The molecule has 1 fully saturated rings. The van der Waals surface area contributed by atoms with Crippen LogP contribution in [0.4, 0.5) is 0 Å². The predicted octanol–water partition coefficient (Wildman–Crippen LogP) is 3.12. The van der Waals surface area contributed by atoms with E-state index < -0.39 is 12.1 Å². The number of ether oxygens (including phenoxy) is 1. The number of nitrogens with one attached hydrogen (secondary N) is 1. The summed E-state index contributed by atoms with van der Waals surface area (Å²) < 4.78 is 5.34. The van der Waals surface area contributed by atoms with E-state index >= 15 is 0 Å². The molecule has 3 rings (SSSR count). The van der Waals surface area contributed by atoms with Crippen LogP contribution in [0.2, 0.25) is 0 Å². The minimum Gasteiger partial charge on any atom is -0.448 e. The van der Waals surface area contributed by atoms with Gasteiger partial charge in [-0.2, -0.15) is 0 Å². The van der Waals surface area contributed by atoms with Gasteiger partial charge in [-0.15, -0.1) is 11.3 Å². The molecule has 1 aliphatic carbocycles. The Balaban J connectivity index is 1.64. The lowest BCUT2D eigenvalue weighted by molar-refractivity contribution is -0.129. The average Bonchev–Trinajstić information content (AvgIpc) is 3.25. The fraction of sp³-hybridized carbons (Fsp3) is 0.444. The van der Waals surface area contributed by atoms with E-state index in [4.69, 9.17) is 4.74 Å². The highest BCUT2D eigenvalue weighted by molar-refractivity contribution is 7.17. The molecule has 0 spiro atoms. The summed E-state index contributed by atoms with van der Waals surface area (Å²) in [6.07, 6.45) is 5.11. The van der Waals surface area contributed by atoms with Crippen molar-refractivity contribution in [3.63, 3.8) is 0 Å². The lowest BCUT2D eigenvalue weighted by atomic mass is 10.2. The van der Waals surface area contributed by atoms with Crippen molar-refractivity contribution in [3.05, 3.63) is 35.0 Å². The summed E-state index contributed by atoms with van der Waals surface area (Å²) in [5, 5.41) is 3.60. The van der Waals surface area contributed by atoms with Gasteiger partial charge in [0.25, 0.3) is 5.91 Å². The van der Waals surface area contributed by atoms with Crippen LogP contribution < -0.4 is 5.32 Å². The van der Waals surface area contributed by atoms with Crippen molar-refractivity contribution in [2.75, 3.05) is 0 Å². The number of nitrogens with zero attached hydrogens (tertiary/aromatic N) is 2. The van der Waals surface area contributed by atoms with E-state index in [-0.39, 0.29) is 11.9 Å². The van der Waals surface area contributed by atoms with Crippen LogP contribution in [0.1, 0.15) is 48.0 Å². The van der Waals surface area contributed by atoms with Crippen LogP contribution in [0, 0.1) is 6.92 Å². The Morgan fingerprint density at radius 3 is 2.76 bits per heavy atom. The number of carbonyl (C=O) groups is 2. The van der Waals surface area contributed by atoms with E-state index in [0.717, 1.165) is 25.7 Å². The van der Waals surface area contributed by atoms with Gasteiger partial charge in [0.2, 0.25) is 0 Å². The van der Waals surface area contributed by atoms with Crippen LogP contribution in [-0.2, 0) is 9.53 Å². The van der Waals surface area contributed by atoms with Crippen LogP contribution in [0.25, 0.3) is 10.7 Å². The molecule has 1 atom stereocenters. The van der Waals surface area contributed by atoms with E-state index in [0.29, 0.717) is 21.3 Å². The van der Waals surface area contributed by atoms with Crippen LogP contribution in [0.5, 0.6) is 0 Å². The Kier molecular flexibility index (Phi) is 5.43. The normalized spacial score (nSPS) is 15.8. The molecule has 1 aliphatic rings. The second-order valence-electron chi connectivity index (χ2n) is 6.19. The molecule has 0 saturated heterocycles. The molecule has 1 amide bonds.